The van der Waals surface area contributed by atoms with Crippen LogP contribution in [0.4, 0.5) is 5.82 Å². The third-order valence-electron chi connectivity index (χ3n) is 4.58. The Balaban J connectivity index is 2.00. The lowest BCUT2D eigenvalue weighted by Crippen LogP contribution is -2.29. The molecule has 0 aromatic carbocycles. The first-order valence-corrected chi connectivity index (χ1v) is 11.2. The van der Waals surface area contributed by atoms with Crippen LogP contribution >= 0.6 is 24.0 Å². The molecule has 0 saturated carbocycles. The smallest absolute Gasteiger partial charge is 0.267 e. The first-order chi connectivity index (χ1) is 13.9. The number of aromatic nitrogens is 2. The van der Waals surface area contributed by atoms with Crippen LogP contribution in [0.2, 0.25) is 0 Å². The van der Waals surface area contributed by atoms with Crippen LogP contribution in [0.3, 0.4) is 0 Å². The molecular formula is C21H26N4O2S2. The third kappa shape index (κ3) is 4.87. The number of amides is 1. The number of anilines is 1. The molecule has 2 aromatic heterocycles. The summed E-state index contributed by atoms with van der Waals surface area (Å²) in [6.45, 7) is 7.58. The highest BCUT2D eigenvalue weighted by Crippen LogP contribution is 2.33. The Hall–Kier alpha value is -2.19. The number of nitrogens with one attached hydrogen (secondary N) is 1. The van der Waals surface area contributed by atoms with E-state index >= 15 is 0 Å². The number of rotatable bonds is 8. The summed E-state index contributed by atoms with van der Waals surface area (Å²) in [4.78, 5) is 32.7. The number of carbonyl (C=O) groups is 1. The standard InChI is InChI=1S/C21H26N4O2S2/c1-4-5-7-11-25-20(27)16(29-21(25)28)12-15-18(22-13-14(2)3)23-17-9-6-8-10-24(17)19(15)26/h6,8-10,12,14,22H,4-5,7,11,13H2,1-3H3/b16-12-. The monoisotopic (exact) mass is 430 g/mol. The fourth-order valence-corrected chi connectivity index (χ4v) is 4.30. The van der Waals surface area contributed by atoms with Gasteiger partial charge in [-0.25, -0.2) is 4.98 Å². The molecule has 1 saturated heterocycles. The Morgan fingerprint density at radius 2 is 2.07 bits per heavy atom. The molecule has 0 bridgehead atoms. The minimum absolute atomic E-state index is 0.136. The van der Waals surface area contributed by atoms with E-state index in [0.29, 0.717) is 45.3 Å². The van der Waals surface area contributed by atoms with Gasteiger partial charge in [0, 0.05) is 19.3 Å². The number of carbonyl (C=O) groups excluding carboxylic acids is 1. The predicted molar refractivity (Wildman–Crippen MR) is 124 cm³/mol. The number of pyridine rings is 1. The largest absolute Gasteiger partial charge is 0.369 e. The normalized spacial score (nSPS) is 15.9. The van der Waals surface area contributed by atoms with E-state index in [1.165, 1.54) is 16.2 Å². The molecule has 1 fully saturated rings. The van der Waals surface area contributed by atoms with Gasteiger partial charge in [-0.05, 0) is 30.5 Å². The molecule has 1 aliphatic rings. The van der Waals surface area contributed by atoms with E-state index in [1.807, 2.05) is 6.07 Å². The quantitative estimate of drug-likeness (QED) is 0.385. The molecular weight excluding hydrogens is 404 g/mol. The first-order valence-electron chi connectivity index (χ1n) is 9.93. The van der Waals surface area contributed by atoms with Crippen LogP contribution in [0.15, 0.2) is 34.1 Å². The number of thiocarbonyl (C=S) groups is 1. The zero-order valence-corrected chi connectivity index (χ0v) is 18.6. The minimum Gasteiger partial charge on any atom is -0.369 e. The van der Waals surface area contributed by atoms with Crippen LogP contribution in [0.1, 0.15) is 45.6 Å². The summed E-state index contributed by atoms with van der Waals surface area (Å²) in [5.74, 6) is 0.741. The van der Waals surface area contributed by atoms with Crippen molar-refractivity contribution in [3.8, 4) is 0 Å². The van der Waals surface area contributed by atoms with Gasteiger partial charge >= 0.3 is 0 Å². The number of hydrogen-bond donors (Lipinski definition) is 1. The van der Waals surface area contributed by atoms with Gasteiger partial charge in [0.25, 0.3) is 11.5 Å². The van der Waals surface area contributed by atoms with E-state index < -0.39 is 0 Å². The Kier molecular flexibility index (Phi) is 7.08. The lowest BCUT2D eigenvalue weighted by Gasteiger charge is -2.14. The molecule has 0 unspecified atom stereocenters. The second kappa shape index (κ2) is 9.54. The molecule has 3 heterocycles. The van der Waals surface area contributed by atoms with Gasteiger partial charge in [-0.1, -0.05) is 63.7 Å². The Morgan fingerprint density at radius 3 is 2.79 bits per heavy atom. The molecule has 3 rings (SSSR count). The number of nitrogens with zero attached hydrogens (tertiary/aromatic N) is 3. The molecule has 154 valence electrons. The summed E-state index contributed by atoms with van der Waals surface area (Å²) >= 11 is 6.65. The second-order valence-corrected chi connectivity index (χ2v) is 9.10. The highest BCUT2D eigenvalue weighted by molar-refractivity contribution is 8.26. The molecule has 6 nitrogen and oxygen atoms in total. The van der Waals surface area contributed by atoms with E-state index in [9.17, 15) is 9.59 Å². The molecule has 2 aromatic rings. The van der Waals surface area contributed by atoms with Crippen molar-refractivity contribution in [3.05, 3.63) is 45.2 Å². The average molecular weight is 431 g/mol. The van der Waals surface area contributed by atoms with Gasteiger partial charge in [0.2, 0.25) is 0 Å². The van der Waals surface area contributed by atoms with E-state index in [4.69, 9.17) is 12.2 Å². The van der Waals surface area contributed by atoms with Crippen molar-refractivity contribution in [2.75, 3.05) is 18.4 Å². The SMILES string of the molecule is CCCCCN1C(=O)/C(=C/c2c(NCC(C)C)nc3ccccn3c2=O)SC1=S. The van der Waals surface area contributed by atoms with E-state index in [2.05, 4.69) is 31.1 Å². The second-order valence-electron chi connectivity index (χ2n) is 7.42. The van der Waals surface area contributed by atoms with Crippen LogP contribution in [-0.2, 0) is 4.79 Å². The van der Waals surface area contributed by atoms with Crippen LogP contribution in [0, 0.1) is 5.92 Å². The summed E-state index contributed by atoms with van der Waals surface area (Å²) < 4.78 is 2.04. The highest BCUT2D eigenvalue weighted by Gasteiger charge is 2.32. The molecule has 1 amide bonds. The van der Waals surface area contributed by atoms with Crippen molar-refractivity contribution < 1.29 is 4.79 Å². The van der Waals surface area contributed by atoms with Crippen molar-refractivity contribution >= 4 is 51.7 Å². The van der Waals surface area contributed by atoms with Crippen molar-refractivity contribution in [1.29, 1.82) is 0 Å². The van der Waals surface area contributed by atoms with E-state index in [-0.39, 0.29) is 11.5 Å². The van der Waals surface area contributed by atoms with Crippen molar-refractivity contribution in [1.82, 2.24) is 14.3 Å². The fourth-order valence-electron chi connectivity index (χ4n) is 3.01. The summed E-state index contributed by atoms with van der Waals surface area (Å²) in [6.07, 6.45) is 6.36. The lowest BCUT2D eigenvalue weighted by atomic mass is 10.2. The lowest BCUT2D eigenvalue weighted by molar-refractivity contribution is -0.122. The van der Waals surface area contributed by atoms with Crippen molar-refractivity contribution in [2.45, 2.75) is 40.0 Å². The van der Waals surface area contributed by atoms with Crippen molar-refractivity contribution in [2.24, 2.45) is 5.92 Å². The molecule has 1 N–H and O–H groups in total. The topological polar surface area (TPSA) is 66.7 Å². The molecule has 0 radical (unpaired) electrons. The van der Waals surface area contributed by atoms with Crippen LogP contribution in [0.25, 0.3) is 11.7 Å². The highest BCUT2D eigenvalue weighted by atomic mass is 32.2. The Bertz CT molecular complexity index is 1010. The maximum absolute atomic E-state index is 13.1. The summed E-state index contributed by atoms with van der Waals surface area (Å²) in [7, 11) is 0. The number of hydrogen-bond acceptors (Lipinski definition) is 6. The Labute approximate surface area is 180 Å². The number of fused-ring (bicyclic) bond motifs is 1. The number of thioether (sulfide) groups is 1. The summed E-state index contributed by atoms with van der Waals surface area (Å²) in [5, 5.41) is 3.26. The molecule has 8 heteroatoms. The fraction of sp³-hybridized carbons (Fsp3) is 0.429. The molecule has 1 aliphatic heterocycles. The number of unbranched alkanes of at least 4 members (excludes halogenated alkanes) is 2. The maximum Gasteiger partial charge on any atom is 0.267 e. The molecule has 0 aliphatic carbocycles. The molecule has 0 spiro atoms. The van der Waals surface area contributed by atoms with Crippen LogP contribution < -0.4 is 10.9 Å². The van der Waals surface area contributed by atoms with Gasteiger partial charge in [-0.15, -0.1) is 0 Å². The predicted octanol–water partition coefficient (Wildman–Crippen LogP) is 4.15. The molecule has 29 heavy (non-hydrogen) atoms. The summed E-state index contributed by atoms with van der Waals surface area (Å²) in [6, 6.07) is 5.42. The van der Waals surface area contributed by atoms with Crippen LogP contribution in [-0.4, -0.2) is 37.6 Å². The maximum atomic E-state index is 13.1. The average Bonchev–Trinajstić information content (AvgIpc) is 2.96. The van der Waals surface area contributed by atoms with E-state index in [0.717, 1.165) is 19.3 Å². The van der Waals surface area contributed by atoms with Gasteiger partial charge in [-0.3, -0.25) is 18.9 Å². The summed E-state index contributed by atoms with van der Waals surface area (Å²) in [5.41, 5.74) is 0.731. The van der Waals surface area contributed by atoms with Crippen molar-refractivity contribution in [3.63, 3.8) is 0 Å². The van der Waals surface area contributed by atoms with Gasteiger partial charge in [0.1, 0.15) is 15.8 Å². The molecule has 0 atom stereocenters. The minimum atomic E-state index is -0.210. The van der Waals surface area contributed by atoms with Gasteiger partial charge in [-0.2, -0.15) is 0 Å². The third-order valence-corrected chi connectivity index (χ3v) is 5.96. The zero-order valence-electron chi connectivity index (χ0n) is 17.0. The van der Waals surface area contributed by atoms with Gasteiger partial charge < -0.3 is 5.32 Å². The van der Waals surface area contributed by atoms with Gasteiger partial charge in [0.05, 0.1) is 10.5 Å². The Morgan fingerprint density at radius 1 is 1.28 bits per heavy atom. The van der Waals surface area contributed by atoms with Gasteiger partial charge in [0.15, 0.2) is 0 Å². The van der Waals surface area contributed by atoms with E-state index in [1.54, 1.807) is 29.3 Å². The van der Waals surface area contributed by atoms with Crippen LogP contribution in [0.5, 0.6) is 0 Å². The first kappa shape index (κ1) is 21.5. The zero-order chi connectivity index (χ0) is 21.0.